The summed E-state index contributed by atoms with van der Waals surface area (Å²) in [7, 11) is 0. The molecule has 1 aliphatic heterocycles. The van der Waals surface area contributed by atoms with Crippen molar-refractivity contribution in [1.82, 2.24) is 4.90 Å². The Kier molecular flexibility index (Phi) is 3.85. The van der Waals surface area contributed by atoms with Crippen LogP contribution in [0.2, 0.25) is 0 Å². The highest BCUT2D eigenvalue weighted by Crippen LogP contribution is 2.31. The maximum absolute atomic E-state index is 13.5. The summed E-state index contributed by atoms with van der Waals surface area (Å²) in [6.07, 6.45) is -4.24. The van der Waals surface area contributed by atoms with Gasteiger partial charge in [0.15, 0.2) is 0 Å². The Hall–Kier alpha value is -1.11. The average Bonchev–Trinajstić information content (AvgIpc) is 2.59. The van der Waals surface area contributed by atoms with Crippen molar-refractivity contribution in [3.63, 3.8) is 0 Å². The maximum Gasteiger partial charge on any atom is 0.416 e. The molecule has 0 saturated carbocycles. The minimum absolute atomic E-state index is 0.0335. The Morgan fingerprint density at radius 3 is 2.58 bits per heavy atom. The van der Waals surface area contributed by atoms with Crippen LogP contribution < -0.4 is 0 Å². The first-order valence-corrected chi connectivity index (χ1v) is 6.46. The van der Waals surface area contributed by atoms with E-state index >= 15 is 0 Å². The molecule has 2 rings (SSSR count). The van der Waals surface area contributed by atoms with Gasteiger partial charge >= 0.3 is 6.18 Å². The number of halogens is 5. The summed E-state index contributed by atoms with van der Waals surface area (Å²) in [6, 6.07) is 2.23. The second-order valence-electron chi connectivity index (χ2n) is 4.38. The molecule has 1 heterocycles. The predicted octanol–water partition coefficient (Wildman–Crippen LogP) is 3.34. The smallest absolute Gasteiger partial charge is 0.337 e. The number of carbonyl (C=O) groups excluding carboxylic acids is 1. The quantitative estimate of drug-likeness (QED) is 0.597. The summed E-state index contributed by atoms with van der Waals surface area (Å²) < 4.78 is 51.1. The summed E-state index contributed by atoms with van der Waals surface area (Å²) in [6.45, 7) is 0.227. The van der Waals surface area contributed by atoms with Crippen molar-refractivity contribution < 1.29 is 22.4 Å². The zero-order chi connectivity index (χ0) is 14.2. The molecule has 0 N–H and O–H groups in total. The molecule has 1 amide bonds. The fraction of sp³-hybridized carbons (Fsp3) is 0.417. The average molecular weight is 340 g/mol. The summed E-state index contributed by atoms with van der Waals surface area (Å²) in [5.41, 5.74) is -1.03. The molecule has 1 saturated heterocycles. The number of hydrogen-bond acceptors (Lipinski definition) is 1. The molecular weight excluding hydrogens is 330 g/mol. The maximum atomic E-state index is 13.5. The normalized spacial score (nSPS) is 20.2. The zero-order valence-corrected chi connectivity index (χ0v) is 11.3. The predicted molar refractivity (Wildman–Crippen MR) is 64.2 cm³/mol. The standard InChI is InChI=1S/C12H10BrF4NO/c13-9-4-11(19)18(6-9)5-7-3-8(12(15,16)17)1-2-10(7)14/h1-3,9H,4-6H2. The van der Waals surface area contributed by atoms with E-state index in [0.29, 0.717) is 12.6 Å². The van der Waals surface area contributed by atoms with Crippen LogP contribution >= 0.6 is 15.9 Å². The molecule has 1 aromatic carbocycles. The van der Waals surface area contributed by atoms with Crippen LogP contribution in [0, 0.1) is 5.82 Å². The van der Waals surface area contributed by atoms with Crippen molar-refractivity contribution in [1.29, 1.82) is 0 Å². The van der Waals surface area contributed by atoms with E-state index in [-0.39, 0.29) is 29.3 Å². The van der Waals surface area contributed by atoms with Gasteiger partial charge in [-0.3, -0.25) is 4.79 Å². The lowest BCUT2D eigenvalue weighted by Gasteiger charge is -2.17. The fourth-order valence-corrected chi connectivity index (χ4v) is 2.58. The minimum atomic E-state index is -4.52. The SMILES string of the molecule is O=C1CC(Br)CN1Cc1cc(C(F)(F)F)ccc1F. The zero-order valence-electron chi connectivity index (χ0n) is 9.68. The molecule has 7 heteroatoms. The van der Waals surface area contributed by atoms with Crippen LogP contribution in [0.25, 0.3) is 0 Å². The van der Waals surface area contributed by atoms with Gasteiger partial charge in [-0.2, -0.15) is 13.2 Å². The lowest BCUT2D eigenvalue weighted by Crippen LogP contribution is -2.25. The van der Waals surface area contributed by atoms with Crippen LogP contribution in [0.3, 0.4) is 0 Å². The highest BCUT2D eigenvalue weighted by molar-refractivity contribution is 9.09. The fourth-order valence-electron chi connectivity index (χ4n) is 1.95. The summed E-state index contributed by atoms with van der Waals surface area (Å²) in [5.74, 6) is -0.933. The van der Waals surface area contributed by atoms with Crippen molar-refractivity contribution in [2.75, 3.05) is 6.54 Å². The third-order valence-corrected chi connectivity index (χ3v) is 3.51. The molecule has 0 aliphatic carbocycles. The highest BCUT2D eigenvalue weighted by Gasteiger charge is 2.32. The van der Waals surface area contributed by atoms with Gasteiger partial charge in [-0.1, -0.05) is 15.9 Å². The number of rotatable bonds is 2. The largest absolute Gasteiger partial charge is 0.416 e. The molecule has 0 radical (unpaired) electrons. The molecule has 19 heavy (non-hydrogen) atoms. The minimum Gasteiger partial charge on any atom is -0.337 e. The molecule has 2 nitrogen and oxygen atoms in total. The summed E-state index contributed by atoms with van der Waals surface area (Å²) in [5, 5.41) is 0. The van der Waals surface area contributed by atoms with E-state index in [4.69, 9.17) is 0 Å². The second-order valence-corrected chi connectivity index (χ2v) is 5.67. The van der Waals surface area contributed by atoms with Gasteiger partial charge in [0.2, 0.25) is 5.91 Å². The van der Waals surface area contributed by atoms with Crippen molar-refractivity contribution in [3.8, 4) is 0 Å². The second kappa shape index (κ2) is 5.11. The molecule has 104 valence electrons. The highest BCUT2D eigenvalue weighted by atomic mass is 79.9. The first kappa shape index (κ1) is 14.3. The molecule has 1 fully saturated rings. The van der Waals surface area contributed by atoms with Crippen molar-refractivity contribution in [3.05, 3.63) is 35.1 Å². The Morgan fingerprint density at radius 1 is 1.37 bits per heavy atom. The molecule has 0 spiro atoms. The number of carbonyl (C=O) groups is 1. The van der Waals surface area contributed by atoms with E-state index in [1.807, 2.05) is 0 Å². The molecule has 1 aliphatic rings. The first-order valence-electron chi connectivity index (χ1n) is 5.55. The Morgan fingerprint density at radius 2 is 2.05 bits per heavy atom. The van der Waals surface area contributed by atoms with Crippen LogP contribution in [0.1, 0.15) is 17.5 Å². The van der Waals surface area contributed by atoms with Crippen LogP contribution in [0.15, 0.2) is 18.2 Å². The Bertz CT molecular complexity index is 503. The summed E-state index contributed by atoms with van der Waals surface area (Å²) >= 11 is 3.26. The molecule has 1 unspecified atom stereocenters. The van der Waals surface area contributed by atoms with E-state index in [1.54, 1.807) is 0 Å². The molecule has 1 aromatic rings. The molecular formula is C12H10BrF4NO. The van der Waals surface area contributed by atoms with Gasteiger partial charge in [-0.25, -0.2) is 4.39 Å². The summed E-state index contributed by atoms with van der Waals surface area (Å²) in [4.78, 5) is 12.8. The Balaban J connectivity index is 2.22. The lowest BCUT2D eigenvalue weighted by molar-refractivity contribution is -0.137. The number of amides is 1. The van der Waals surface area contributed by atoms with Gasteiger partial charge in [0.05, 0.1) is 5.56 Å². The van der Waals surface area contributed by atoms with E-state index < -0.39 is 17.6 Å². The molecule has 0 aromatic heterocycles. The van der Waals surface area contributed by atoms with Crippen LogP contribution in [0.4, 0.5) is 17.6 Å². The van der Waals surface area contributed by atoms with E-state index in [1.165, 1.54) is 4.90 Å². The van der Waals surface area contributed by atoms with Crippen LogP contribution in [0.5, 0.6) is 0 Å². The topological polar surface area (TPSA) is 20.3 Å². The number of likely N-dealkylation sites (tertiary alicyclic amines) is 1. The lowest BCUT2D eigenvalue weighted by atomic mass is 10.1. The van der Waals surface area contributed by atoms with Gasteiger partial charge < -0.3 is 4.90 Å². The van der Waals surface area contributed by atoms with Gasteiger partial charge in [0, 0.05) is 29.9 Å². The van der Waals surface area contributed by atoms with Crippen molar-refractivity contribution in [2.45, 2.75) is 24.0 Å². The van der Waals surface area contributed by atoms with Crippen LogP contribution in [-0.4, -0.2) is 22.2 Å². The van der Waals surface area contributed by atoms with Crippen molar-refractivity contribution in [2.24, 2.45) is 0 Å². The van der Waals surface area contributed by atoms with Crippen LogP contribution in [-0.2, 0) is 17.5 Å². The molecule has 1 atom stereocenters. The van der Waals surface area contributed by atoms with Gasteiger partial charge in [-0.15, -0.1) is 0 Å². The number of benzene rings is 1. The van der Waals surface area contributed by atoms with E-state index in [9.17, 15) is 22.4 Å². The van der Waals surface area contributed by atoms with Gasteiger partial charge in [-0.05, 0) is 18.2 Å². The van der Waals surface area contributed by atoms with Gasteiger partial charge in [0.1, 0.15) is 5.82 Å². The Labute approximate surface area is 115 Å². The number of hydrogen-bond donors (Lipinski definition) is 0. The number of alkyl halides is 4. The van der Waals surface area contributed by atoms with E-state index in [2.05, 4.69) is 15.9 Å². The van der Waals surface area contributed by atoms with Crippen molar-refractivity contribution >= 4 is 21.8 Å². The molecule has 0 bridgehead atoms. The van der Waals surface area contributed by atoms with Gasteiger partial charge in [0.25, 0.3) is 0 Å². The third kappa shape index (κ3) is 3.26. The third-order valence-electron chi connectivity index (χ3n) is 2.90. The first-order chi connectivity index (χ1) is 8.77. The number of nitrogens with zero attached hydrogens (tertiary/aromatic N) is 1. The monoisotopic (exact) mass is 339 g/mol. The van der Waals surface area contributed by atoms with E-state index in [0.717, 1.165) is 12.1 Å².